The molecule has 0 aliphatic rings. The summed E-state index contributed by atoms with van der Waals surface area (Å²) in [6.07, 6.45) is 1.25. The van der Waals surface area contributed by atoms with Crippen molar-refractivity contribution in [1.29, 1.82) is 0 Å². The zero-order chi connectivity index (χ0) is 14.0. The SMILES string of the molecule is CCC.CCSc1ccc(NS(=O)(=O)CC)cc1. The van der Waals surface area contributed by atoms with Gasteiger partial charge in [0.25, 0.3) is 0 Å². The van der Waals surface area contributed by atoms with Gasteiger partial charge in [-0.15, -0.1) is 11.8 Å². The Morgan fingerprint density at radius 3 is 1.94 bits per heavy atom. The number of nitrogens with one attached hydrogen (secondary N) is 1. The molecule has 0 aliphatic heterocycles. The van der Waals surface area contributed by atoms with Gasteiger partial charge in [0, 0.05) is 10.6 Å². The van der Waals surface area contributed by atoms with Gasteiger partial charge in [-0.3, -0.25) is 4.72 Å². The second-order valence-electron chi connectivity index (χ2n) is 3.67. The molecule has 104 valence electrons. The van der Waals surface area contributed by atoms with Crippen molar-refractivity contribution in [3.63, 3.8) is 0 Å². The Labute approximate surface area is 115 Å². The molecule has 0 heterocycles. The maximum Gasteiger partial charge on any atom is 0.232 e. The number of rotatable bonds is 5. The molecule has 1 N–H and O–H groups in total. The van der Waals surface area contributed by atoms with Gasteiger partial charge in [-0.1, -0.05) is 27.2 Å². The van der Waals surface area contributed by atoms with Gasteiger partial charge in [-0.2, -0.15) is 0 Å². The van der Waals surface area contributed by atoms with Crippen LogP contribution in [0.3, 0.4) is 0 Å². The topological polar surface area (TPSA) is 46.2 Å². The van der Waals surface area contributed by atoms with Crippen LogP contribution in [0.5, 0.6) is 0 Å². The quantitative estimate of drug-likeness (QED) is 0.834. The van der Waals surface area contributed by atoms with Gasteiger partial charge < -0.3 is 0 Å². The third-order valence-corrected chi connectivity index (χ3v) is 4.02. The van der Waals surface area contributed by atoms with Crippen LogP contribution in [-0.2, 0) is 10.0 Å². The number of benzene rings is 1. The summed E-state index contributed by atoms with van der Waals surface area (Å²) in [6.45, 7) is 7.95. The van der Waals surface area contributed by atoms with Gasteiger partial charge in [0.1, 0.15) is 0 Å². The van der Waals surface area contributed by atoms with E-state index in [9.17, 15) is 8.42 Å². The van der Waals surface area contributed by atoms with Crippen molar-refractivity contribution in [2.24, 2.45) is 0 Å². The zero-order valence-corrected chi connectivity index (χ0v) is 13.2. The van der Waals surface area contributed by atoms with E-state index in [1.54, 1.807) is 30.8 Å². The Balaban J connectivity index is 0.000000873. The van der Waals surface area contributed by atoms with Crippen molar-refractivity contribution in [1.82, 2.24) is 0 Å². The Kier molecular flexibility index (Phi) is 8.93. The Bertz CT molecular complexity index is 413. The van der Waals surface area contributed by atoms with E-state index < -0.39 is 10.0 Å². The third kappa shape index (κ3) is 7.61. The summed E-state index contributed by atoms with van der Waals surface area (Å²) < 4.78 is 25.0. The molecule has 0 aliphatic carbocycles. The van der Waals surface area contributed by atoms with E-state index >= 15 is 0 Å². The fraction of sp³-hybridized carbons (Fsp3) is 0.538. The first-order valence-electron chi connectivity index (χ1n) is 6.22. The molecule has 0 bridgehead atoms. The smallest absolute Gasteiger partial charge is 0.232 e. The first-order chi connectivity index (χ1) is 8.49. The number of hydrogen-bond acceptors (Lipinski definition) is 3. The molecule has 0 radical (unpaired) electrons. The molecule has 18 heavy (non-hydrogen) atoms. The largest absolute Gasteiger partial charge is 0.284 e. The predicted molar refractivity (Wildman–Crippen MR) is 81.9 cm³/mol. The lowest BCUT2D eigenvalue weighted by Crippen LogP contribution is -2.14. The van der Waals surface area contributed by atoms with Crippen LogP contribution in [0, 0.1) is 0 Å². The molecule has 3 nitrogen and oxygen atoms in total. The first kappa shape index (κ1) is 17.3. The molecule has 0 amide bonds. The lowest BCUT2D eigenvalue weighted by Gasteiger charge is -2.06. The molecular formula is C13H23NO2S2. The molecule has 5 heteroatoms. The second-order valence-corrected chi connectivity index (χ2v) is 7.02. The minimum absolute atomic E-state index is 0.0957. The molecule has 1 aromatic rings. The molecule has 1 aromatic carbocycles. The van der Waals surface area contributed by atoms with Gasteiger partial charge in [-0.25, -0.2) is 8.42 Å². The molecule has 0 fully saturated rings. The van der Waals surface area contributed by atoms with Crippen LogP contribution in [0.1, 0.15) is 34.1 Å². The number of sulfonamides is 1. The summed E-state index contributed by atoms with van der Waals surface area (Å²) in [7, 11) is -3.15. The number of hydrogen-bond donors (Lipinski definition) is 1. The van der Waals surface area contributed by atoms with Gasteiger partial charge in [0.05, 0.1) is 5.75 Å². The van der Waals surface area contributed by atoms with Crippen LogP contribution in [-0.4, -0.2) is 19.9 Å². The fourth-order valence-electron chi connectivity index (χ4n) is 1.04. The van der Waals surface area contributed by atoms with Gasteiger partial charge in [-0.05, 0) is 36.9 Å². The van der Waals surface area contributed by atoms with E-state index in [1.165, 1.54) is 6.42 Å². The summed E-state index contributed by atoms with van der Waals surface area (Å²) in [6, 6.07) is 7.40. The Morgan fingerprint density at radius 1 is 1.06 bits per heavy atom. The highest BCUT2D eigenvalue weighted by atomic mass is 32.2. The van der Waals surface area contributed by atoms with Crippen molar-refractivity contribution in [3.05, 3.63) is 24.3 Å². The average molecular weight is 289 g/mol. The summed E-state index contributed by atoms with van der Waals surface area (Å²) in [5.74, 6) is 1.11. The van der Waals surface area contributed by atoms with E-state index in [0.717, 1.165) is 10.6 Å². The fourth-order valence-corrected chi connectivity index (χ4v) is 2.34. The van der Waals surface area contributed by atoms with Crippen molar-refractivity contribution >= 4 is 27.5 Å². The highest BCUT2D eigenvalue weighted by Gasteiger charge is 2.05. The molecule has 0 spiro atoms. The molecule has 1 rings (SSSR count). The zero-order valence-electron chi connectivity index (χ0n) is 11.6. The number of thioether (sulfide) groups is 1. The van der Waals surface area contributed by atoms with Crippen molar-refractivity contribution in [2.75, 3.05) is 16.2 Å². The molecule has 0 saturated carbocycles. The normalized spacial score (nSPS) is 10.4. The van der Waals surface area contributed by atoms with Gasteiger partial charge >= 0.3 is 0 Å². The molecule has 0 aromatic heterocycles. The second kappa shape index (κ2) is 9.28. The Hall–Kier alpha value is -0.680. The van der Waals surface area contributed by atoms with E-state index in [2.05, 4.69) is 25.5 Å². The third-order valence-electron chi connectivity index (χ3n) is 1.82. The van der Waals surface area contributed by atoms with Crippen LogP contribution in [0.2, 0.25) is 0 Å². The average Bonchev–Trinajstić information content (AvgIpc) is 2.33. The minimum atomic E-state index is -3.15. The Morgan fingerprint density at radius 2 is 1.56 bits per heavy atom. The van der Waals surface area contributed by atoms with Crippen LogP contribution in [0.4, 0.5) is 5.69 Å². The monoisotopic (exact) mass is 289 g/mol. The van der Waals surface area contributed by atoms with Crippen LogP contribution in [0.25, 0.3) is 0 Å². The molecular weight excluding hydrogens is 266 g/mol. The lowest BCUT2D eigenvalue weighted by atomic mass is 10.3. The summed E-state index contributed by atoms with van der Waals surface area (Å²) in [5, 5.41) is 0. The van der Waals surface area contributed by atoms with Crippen LogP contribution < -0.4 is 4.72 Å². The summed E-state index contributed by atoms with van der Waals surface area (Å²) in [4.78, 5) is 1.15. The van der Waals surface area contributed by atoms with E-state index in [-0.39, 0.29) is 5.75 Å². The van der Waals surface area contributed by atoms with E-state index in [4.69, 9.17) is 0 Å². The first-order valence-corrected chi connectivity index (χ1v) is 8.86. The van der Waals surface area contributed by atoms with Crippen LogP contribution >= 0.6 is 11.8 Å². The molecule has 0 unspecified atom stereocenters. The standard InChI is InChI=1S/C10H15NO2S2.C3H8/c1-3-14-10-7-5-9(6-8-10)11-15(12,13)4-2;1-3-2/h5-8,11H,3-4H2,1-2H3;3H2,1-2H3. The van der Waals surface area contributed by atoms with Crippen LogP contribution in [0.15, 0.2) is 29.2 Å². The highest BCUT2D eigenvalue weighted by Crippen LogP contribution is 2.20. The molecule has 0 atom stereocenters. The van der Waals surface area contributed by atoms with Crippen molar-refractivity contribution in [2.45, 2.75) is 39.0 Å². The van der Waals surface area contributed by atoms with Crippen molar-refractivity contribution < 1.29 is 8.42 Å². The predicted octanol–water partition coefficient (Wildman–Crippen LogP) is 3.98. The van der Waals surface area contributed by atoms with Gasteiger partial charge in [0.2, 0.25) is 10.0 Å². The lowest BCUT2D eigenvalue weighted by molar-refractivity contribution is 0.602. The van der Waals surface area contributed by atoms with E-state index in [1.807, 2.05) is 12.1 Å². The van der Waals surface area contributed by atoms with Gasteiger partial charge in [0.15, 0.2) is 0 Å². The highest BCUT2D eigenvalue weighted by molar-refractivity contribution is 7.99. The van der Waals surface area contributed by atoms with E-state index in [0.29, 0.717) is 5.69 Å². The summed E-state index contributed by atoms with van der Waals surface area (Å²) in [5.41, 5.74) is 0.623. The number of anilines is 1. The maximum absolute atomic E-state index is 11.3. The summed E-state index contributed by atoms with van der Waals surface area (Å²) >= 11 is 1.73. The maximum atomic E-state index is 11.3. The molecule has 0 saturated heterocycles. The van der Waals surface area contributed by atoms with Crippen molar-refractivity contribution in [3.8, 4) is 0 Å². The minimum Gasteiger partial charge on any atom is -0.284 e.